The van der Waals surface area contributed by atoms with Crippen LogP contribution >= 0.6 is 0 Å². The Morgan fingerprint density at radius 2 is 2.15 bits per heavy atom. The molecule has 1 nitrogen and oxygen atoms in total. The molecule has 0 spiro atoms. The molecule has 0 amide bonds. The second-order valence-corrected chi connectivity index (χ2v) is 3.29. The van der Waals surface area contributed by atoms with E-state index in [1.165, 1.54) is 18.4 Å². The highest BCUT2D eigenvalue weighted by molar-refractivity contribution is 5.69. The molecule has 1 aliphatic rings. The van der Waals surface area contributed by atoms with Crippen molar-refractivity contribution >= 4 is 5.57 Å². The Labute approximate surface area is 78.4 Å². The van der Waals surface area contributed by atoms with Crippen LogP contribution in [0.4, 0.5) is 0 Å². The van der Waals surface area contributed by atoms with Gasteiger partial charge in [0, 0.05) is 11.1 Å². The van der Waals surface area contributed by atoms with E-state index in [2.05, 4.69) is 5.92 Å². The van der Waals surface area contributed by atoms with Crippen molar-refractivity contribution in [1.29, 1.82) is 0 Å². The molecule has 0 radical (unpaired) electrons. The summed E-state index contributed by atoms with van der Waals surface area (Å²) in [5.41, 5.74) is 2.36. The summed E-state index contributed by atoms with van der Waals surface area (Å²) in [7, 11) is 0. The molecule has 1 heteroatoms. The van der Waals surface area contributed by atoms with Gasteiger partial charge in [0.25, 0.3) is 0 Å². The lowest BCUT2D eigenvalue weighted by Crippen LogP contribution is -1.96. The Balaban J connectivity index is 2.40. The van der Waals surface area contributed by atoms with Crippen LogP contribution in [0.15, 0.2) is 28.4 Å². The van der Waals surface area contributed by atoms with Crippen molar-refractivity contribution in [2.24, 2.45) is 0 Å². The van der Waals surface area contributed by atoms with Crippen LogP contribution in [-0.4, -0.2) is 0 Å². The van der Waals surface area contributed by atoms with Gasteiger partial charge < -0.3 is 4.42 Å². The molecule has 13 heavy (non-hydrogen) atoms. The average Bonchev–Trinajstić information content (AvgIpc) is 2.70. The van der Waals surface area contributed by atoms with Crippen LogP contribution < -0.4 is 0 Å². The predicted octanol–water partition coefficient (Wildman–Crippen LogP) is 3.24. The van der Waals surface area contributed by atoms with E-state index < -0.39 is 0 Å². The van der Waals surface area contributed by atoms with Gasteiger partial charge >= 0.3 is 0 Å². The third kappa shape index (κ3) is 1.53. The third-order valence-electron chi connectivity index (χ3n) is 2.46. The predicted molar refractivity (Wildman–Crippen MR) is 52.9 cm³/mol. The number of rotatable bonds is 1. The normalized spacial score (nSPS) is 17.2. The molecular formula is C12H12O. The Morgan fingerprint density at radius 1 is 1.31 bits per heavy atom. The van der Waals surface area contributed by atoms with Crippen LogP contribution in [0.2, 0.25) is 0 Å². The fraction of sp³-hybridized carbons (Fsp3) is 0.333. The van der Waals surface area contributed by atoms with Gasteiger partial charge in [-0.2, -0.15) is 0 Å². The van der Waals surface area contributed by atoms with Crippen LogP contribution in [0.25, 0.3) is 5.57 Å². The van der Waals surface area contributed by atoms with Crippen LogP contribution in [0.3, 0.4) is 0 Å². The van der Waals surface area contributed by atoms with Crippen molar-refractivity contribution in [3.05, 3.63) is 29.7 Å². The maximum atomic E-state index is 5.45. The lowest BCUT2D eigenvalue weighted by Gasteiger charge is -2.14. The number of furan rings is 1. The minimum Gasteiger partial charge on any atom is -0.465 e. The van der Waals surface area contributed by atoms with E-state index in [4.69, 9.17) is 10.8 Å². The Kier molecular flexibility index (Phi) is 2.23. The number of hydrogen-bond acceptors (Lipinski definition) is 1. The highest BCUT2D eigenvalue weighted by Gasteiger charge is 2.14. The third-order valence-corrected chi connectivity index (χ3v) is 2.46. The van der Waals surface area contributed by atoms with Crippen LogP contribution in [0, 0.1) is 12.3 Å². The summed E-state index contributed by atoms with van der Waals surface area (Å²) in [4.78, 5) is 0. The highest BCUT2D eigenvalue weighted by atomic mass is 16.3. The van der Waals surface area contributed by atoms with E-state index in [0.29, 0.717) is 0 Å². The summed E-state index contributed by atoms with van der Waals surface area (Å²) in [5.74, 6) is 3.71. The molecule has 0 fully saturated rings. The number of terminal acetylenes is 1. The van der Waals surface area contributed by atoms with Crippen LogP contribution in [0.1, 0.15) is 31.4 Å². The second kappa shape index (κ2) is 3.53. The summed E-state index contributed by atoms with van der Waals surface area (Å²) in [6, 6.07) is 3.89. The first-order valence-electron chi connectivity index (χ1n) is 4.64. The fourth-order valence-corrected chi connectivity index (χ4v) is 1.79. The standard InChI is InChI=1S/C12H12O/c1-2-10-6-3-4-7-11(10)12-8-5-9-13-12/h1,5,8-9H,3-4,6-7H2. The molecule has 0 bridgehead atoms. The van der Waals surface area contributed by atoms with Crippen molar-refractivity contribution in [1.82, 2.24) is 0 Å². The molecule has 0 aliphatic heterocycles. The minimum absolute atomic E-state index is 0.952. The second-order valence-electron chi connectivity index (χ2n) is 3.29. The van der Waals surface area contributed by atoms with Gasteiger partial charge in [-0.15, -0.1) is 6.42 Å². The van der Waals surface area contributed by atoms with Gasteiger partial charge in [-0.3, -0.25) is 0 Å². The lowest BCUT2D eigenvalue weighted by molar-refractivity contribution is 0.544. The molecule has 0 aromatic carbocycles. The van der Waals surface area contributed by atoms with Gasteiger partial charge in [-0.25, -0.2) is 0 Å². The topological polar surface area (TPSA) is 13.1 Å². The van der Waals surface area contributed by atoms with Gasteiger partial charge in [-0.1, -0.05) is 5.92 Å². The maximum Gasteiger partial charge on any atom is 0.130 e. The molecule has 0 saturated carbocycles. The minimum atomic E-state index is 0.952. The van der Waals surface area contributed by atoms with Gasteiger partial charge in [0.2, 0.25) is 0 Å². The molecule has 0 N–H and O–H groups in total. The molecule has 0 saturated heterocycles. The first-order chi connectivity index (χ1) is 6.42. The Bertz CT molecular complexity index is 349. The molecule has 1 heterocycles. The first-order valence-corrected chi connectivity index (χ1v) is 4.64. The molecule has 0 unspecified atom stereocenters. The molecule has 1 aliphatic carbocycles. The van der Waals surface area contributed by atoms with Gasteiger partial charge in [0.1, 0.15) is 5.76 Å². The van der Waals surface area contributed by atoms with Crippen molar-refractivity contribution < 1.29 is 4.42 Å². The van der Waals surface area contributed by atoms with Crippen LogP contribution in [-0.2, 0) is 0 Å². The number of allylic oxidation sites excluding steroid dienone is 2. The molecule has 0 atom stereocenters. The highest BCUT2D eigenvalue weighted by Crippen LogP contribution is 2.31. The van der Waals surface area contributed by atoms with Crippen molar-refractivity contribution in [2.45, 2.75) is 25.7 Å². The van der Waals surface area contributed by atoms with E-state index in [0.717, 1.165) is 24.2 Å². The number of hydrogen-bond donors (Lipinski definition) is 0. The molecule has 1 aromatic rings. The maximum absolute atomic E-state index is 5.45. The van der Waals surface area contributed by atoms with E-state index in [-0.39, 0.29) is 0 Å². The summed E-state index contributed by atoms with van der Waals surface area (Å²) in [6.45, 7) is 0. The Hall–Kier alpha value is -1.42. The molecule has 2 rings (SSSR count). The lowest BCUT2D eigenvalue weighted by atomic mass is 9.91. The quantitative estimate of drug-likeness (QED) is 0.593. The van der Waals surface area contributed by atoms with Gasteiger partial charge in [0.05, 0.1) is 6.26 Å². The first kappa shape index (κ1) is 8.19. The zero-order chi connectivity index (χ0) is 9.10. The summed E-state index contributed by atoms with van der Waals surface area (Å²) < 4.78 is 5.35. The smallest absolute Gasteiger partial charge is 0.130 e. The summed E-state index contributed by atoms with van der Waals surface area (Å²) in [6.07, 6.45) is 11.7. The van der Waals surface area contributed by atoms with Gasteiger partial charge in [0.15, 0.2) is 0 Å². The average molecular weight is 172 g/mol. The van der Waals surface area contributed by atoms with Crippen molar-refractivity contribution in [2.75, 3.05) is 0 Å². The van der Waals surface area contributed by atoms with Crippen molar-refractivity contribution in [3.8, 4) is 12.3 Å². The SMILES string of the molecule is C#CC1=C(c2ccco2)CCCC1. The van der Waals surface area contributed by atoms with E-state index in [1.54, 1.807) is 6.26 Å². The summed E-state index contributed by atoms with van der Waals surface area (Å²) >= 11 is 0. The molecular weight excluding hydrogens is 160 g/mol. The van der Waals surface area contributed by atoms with Gasteiger partial charge in [-0.05, 0) is 37.8 Å². The largest absolute Gasteiger partial charge is 0.465 e. The van der Waals surface area contributed by atoms with E-state index in [1.807, 2.05) is 12.1 Å². The molecule has 1 aromatic heterocycles. The van der Waals surface area contributed by atoms with E-state index >= 15 is 0 Å². The molecule has 66 valence electrons. The zero-order valence-corrected chi connectivity index (χ0v) is 7.55. The van der Waals surface area contributed by atoms with Crippen LogP contribution in [0.5, 0.6) is 0 Å². The zero-order valence-electron chi connectivity index (χ0n) is 7.55. The summed E-state index contributed by atoms with van der Waals surface area (Å²) in [5, 5.41) is 0. The Morgan fingerprint density at radius 3 is 2.85 bits per heavy atom. The van der Waals surface area contributed by atoms with E-state index in [9.17, 15) is 0 Å². The van der Waals surface area contributed by atoms with Crippen molar-refractivity contribution in [3.63, 3.8) is 0 Å². The fourth-order valence-electron chi connectivity index (χ4n) is 1.79. The monoisotopic (exact) mass is 172 g/mol.